The summed E-state index contributed by atoms with van der Waals surface area (Å²) < 4.78 is 0. The van der Waals surface area contributed by atoms with Crippen molar-refractivity contribution in [2.45, 2.75) is 27.2 Å². The number of rotatable bonds is 3. The number of aliphatic imine (C=N–C) groups is 1. The van der Waals surface area contributed by atoms with Crippen molar-refractivity contribution in [3.63, 3.8) is 0 Å². The van der Waals surface area contributed by atoms with Gasteiger partial charge >= 0.3 is 0 Å². The minimum atomic E-state index is -0.263. The van der Waals surface area contributed by atoms with Gasteiger partial charge in [-0.2, -0.15) is 0 Å². The molecule has 0 aliphatic carbocycles. The highest BCUT2D eigenvalue weighted by molar-refractivity contribution is 6.07. The highest BCUT2D eigenvalue weighted by Crippen LogP contribution is 2.26. The summed E-state index contributed by atoms with van der Waals surface area (Å²) in [5.74, 6) is -0.272. The fourth-order valence-corrected chi connectivity index (χ4v) is 1.77. The van der Waals surface area contributed by atoms with E-state index in [1.807, 2.05) is 0 Å². The van der Waals surface area contributed by atoms with Crippen molar-refractivity contribution in [2.75, 3.05) is 0 Å². The molecule has 84 valence electrons. The molecule has 0 spiro atoms. The molecule has 16 heavy (non-hydrogen) atoms. The Morgan fingerprint density at radius 2 is 2.12 bits per heavy atom. The van der Waals surface area contributed by atoms with E-state index >= 15 is 0 Å². The van der Waals surface area contributed by atoms with Gasteiger partial charge in [0.1, 0.15) is 5.78 Å². The number of carbonyl (C=O) groups is 2. The average Bonchev–Trinajstić information content (AvgIpc) is 2.17. The fourth-order valence-electron chi connectivity index (χ4n) is 1.77. The Morgan fingerprint density at radius 1 is 1.50 bits per heavy atom. The summed E-state index contributed by atoms with van der Waals surface area (Å²) in [4.78, 5) is 27.1. The van der Waals surface area contributed by atoms with Crippen LogP contribution in [-0.4, -0.2) is 17.3 Å². The quantitative estimate of drug-likeness (QED) is 0.680. The van der Waals surface area contributed by atoms with Crippen molar-refractivity contribution in [3.05, 3.63) is 29.7 Å². The summed E-state index contributed by atoms with van der Waals surface area (Å²) in [5, 5.41) is 0. The molecular weight excluding hydrogens is 202 g/mol. The van der Waals surface area contributed by atoms with Crippen LogP contribution in [-0.2, 0) is 9.59 Å². The second-order valence-electron chi connectivity index (χ2n) is 3.89. The van der Waals surface area contributed by atoms with Crippen molar-refractivity contribution in [2.24, 2.45) is 10.9 Å². The first-order valence-corrected chi connectivity index (χ1v) is 5.13. The van der Waals surface area contributed by atoms with E-state index in [-0.39, 0.29) is 17.5 Å². The number of hydrogen-bond donors (Lipinski definition) is 0. The number of hydrogen-bond acceptors (Lipinski definition) is 3. The molecule has 0 amide bonds. The fraction of sp³-hybridized carbons (Fsp3) is 0.385. The third-order valence-corrected chi connectivity index (χ3v) is 2.67. The lowest BCUT2D eigenvalue weighted by Crippen LogP contribution is -2.25. The van der Waals surface area contributed by atoms with Gasteiger partial charge in [-0.15, -0.1) is 5.73 Å². The maximum Gasteiger partial charge on any atom is 0.157 e. The Hall–Kier alpha value is -1.73. The van der Waals surface area contributed by atoms with Gasteiger partial charge in [0.25, 0.3) is 0 Å². The van der Waals surface area contributed by atoms with Crippen LogP contribution < -0.4 is 0 Å². The third kappa shape index (κ3) is 2.44. The van der Waals surface area contributed by atoms with E-state index < -0.39 is 0 Å². The molecule has 0 aromatic rings. The van der Waals surface area contributed by atoms with Crippen molar-refractivity contribution in [3.8, 4) is 0 Å². The Kier molecular flexibility index (Phi) is 3.75. The van der Waals surface area contributed by atoms with Gasteiger partial charge in [0.05, 0.1) is 11.6 Å². The van der Waals surface area contributed by atoms with Crippen LogP contribution in [0.15, 0.2) is 34.6 Å². The Morgan fingerprint density at radius 3 is 2.56 bits per heavy atom. The van der Waals surface area contributed by atoms with Crippen molar-refractivity contribution >= 4 is 17.3 Å². The maximum absolute atomic E-state index is 11.5. The molecule has 0 saturated carbocycles. The zero-order valence-electron chi connectivity index (χ0n) is 9.83. The van der Waals surface area contributed by atoms with Gasteiger partial charge in [0.15, 0.2) is 5.78 Å². The standard InChI is InChI=1S/C13H15NO2/c1-5-6-13-12(10(4)16)7-11(9(3)15)8(2)14-13/h6,11H,1,7H2,2-4H3. The minimum Gasteiger partial charge on any atom is -0.299 e. The predicted octanol–water partition coefficient (Wildman–Crippen LogP) is 2.24. The van der Waals surface area contributed by atoms with Gasteiger partial charge in [0, 0.05) is 17.4 Å². The molecule has 0 aromatic heterocycles. The highest BCUT2D eigenvalue weighted by Gasteiger charge is 2.26. The van der Waals surface area contributed by atoms with Gasteiger partial charge in [0.2, 0.25) is 0 Å². The molecule has 0 saturated heterocycles. The molecule has 1 aliphatic rings. The molecule has 0 radical (unpaired) electrons. The molecule has 3 nitrogen and oxygen atoms in total. The number of Topliss-reactive ketones (excluding diaryl/α,β-unsaturated/α-hetero) is 2. The SMILES string of the molecule is C=C=CC1=C(C(C)=O)CC(C(C)=O)C(C)=N1. The Balaban J connectivity index is 3.23. The van der Waals surface area contributed by atoms with Crippen molar-refractivity contribution in [1.82, 2.24) is 0 Å². The first-order valence-electron chi connectivity index (χ1n) is 5.13. The zero-order valence-corrected chi connectivity index (χ0v) is 9.83. The highest BCUT2D eigenvalue weighted by atomic mass is 16.1. The van der Waals surface area contributed by atoms with Crippen LogP contribution in [0.4, 0.5) is 0 Å². The van der Waals surface area contributed by atoms with Crippen LogP contribution >= 0.6 is 0 Å². The molecule has 0 aromatic carbocycles. The van der Waals surface area contributed by atoms with Crippen LogP contribution in [0.3, 0.4) is 0 Å². The smallest absolute Gasteiger partial charge is 0.157 e. The Bertz CT molecular complexity index is 449. The number of nitrogens with zero attached hydrogens (tertiary/aromatic N) is 1. The number of allylic oxidation sites excluding steroid dienone is 2. The second-order valence-corrected chi connectivity index (χ2v) is 3.89. The zero-order chi connectivity index (χ0) is 12.3. The van der Waals surface area contributed by atoms with E-state index in [9.17, 15) is 9.59 Å². The average molecular weight is 217 g/mol. The van der Waals surface area contributed by atoms with E-state index in [0.717, 1.165) is 5.71 Å². The van der Waals surface area contributed by atoms with Crippen LogP contribution in [0.2, 0.25) is 0 Å². The Labute approximate surface area is 95.3 Å². The van der Waals surface area contributed by atoms with Gasteiger partial charge < -0.3 is 0 Å². The molecule has 1 atom stereocenters. The van der Waals surface area contributed by atoms with E-state index in [1.165, 1.54) is 13.8 Å². The molecular formula is C13H15NO2. The van der Waals surface area contributed by atoms with Crippen LogP contribution in [0.25, 0.3) is 0 Å². The van der Waals surface area contributed by atoms with E-state index in [0.29, 0.717) is 17.7 Å². The summed E-state index contributed by atoms with van der Waals surface area (Å²) in [6.45, 7) is 8.28. The summed E-state index contributed by atoms with van der Waals surface area (Å²) in [6, 6.07) is 0. The third-order valence-electron chi connectivity index (χ3n) is 2.67. The minimum absolute atomic E-state index is 0.0432. The topological polar surface area (TPSA) is 46.5 Å². The summed E-state index contributed by atoms with van der Waals surface area (Å²) >= 11 is 0. The summed E-state index contributed by atoms with van der Waals surface area (Å²) in [7, 11) is 0. The van der Waals surface area contributed by atoms with Crippen LogP contribution in [0.1, 0.15) is 27.2 Å². The lowest BCUT2D eigenvalue weighted by atomic mass is 9.87. The van der Waals surface area contributed by atoms with Crippen LogP contribution in [0, 0.1) is 5.92 Å². The molecule has 3 heteroatoms. The second kappa shape index (κ2) is 4.86. The molecule has 0 N–H and O–H groups in total. The molecule has 1 unspecified atom stereocenters. The van der Waals surface area contributed by atoms with Gasteiger partial charge in [-0.05, 0) is 27.2 Å². The first-order chi connectivity index (χ1) is 7.47. The van der Waals surface area contributed by atoms with E-state index in [1.54, 1.807) is 13.0 Å². The molecule has 0 bridgehead atoms. The number of ketones is 2. The van der Waals surface area contributed by atoms with Gasteiger partial charge in [-0.1, -0.05) is 6.58 Å². The van der Waals surface area contributed by atoms with E-state index in [2.05, 4.69) is 17.3 Å². The maximum atomic E-state index is 11.5. The van der Waals surface area contributed by atoms with E-state index in [4.69, 9.17) is 0 Å². The lowest BCUT2D eigenvalue weighted by molar-refractivity contribution is -0.119. The van der Waals surface area contributed by atoms with Crippen molar-refractivity contribution in [1.29, 1.82) is 0 Å². The molecule has 1 aliphatic heterocycles. The first kappa shape index (κ1) is 12.3. The van der Waals surface area contributed by atoms with Crippen LogP contribution in [0.5, 0.6) is 0 Å². The summed E-state index contributed by atoms with van der Waals surface area (Å²) in [6.07, 6.45) is 2.02. The summed E-state index contributed by atoms with van der Waals surface area (Å²) in [5.41, 5.74) is 4.53. The largest absolute Gasteiger partial charge is 0.299 e. The van der Waals surface area contributed by atoms with Gasteiger partial charge in [-0.3, -0.25) is 14.6 Å². The lowest BCUT2D eigenvalue weighted by Gasteiger charge is -2.20. The molecule has 0 fully saturated rings. The predicted molar refractivity (Wildman–Crippen MR) is 63.3 cm³/mol. The number of carbonyl (C=O) groups excluding carboxylic acids is 2. The monoisotopic (exact) mass is 217 g/mol. The normalized spacial score (nSPS) is 19.9. The molecule has 1 rings (SSSR count). The van der Waals surface area contributed by atoms with Gasteiger partial charge in [-0.25, -0.2) is 0 Å². The van der Waals surface area contributed by atoms with Crippen molar-refractivity contribution < 1.29 is 9.59 Å². The molecule has 1 heterocycles.